The molecule has 4 aromatic rings. The molecule has 4 N–H and O–H groups in total. The van der Waals surface area contributed by atoms with E-state index in [2.05, 4.69) is 20.4 Å². The van der Waals surface area contributed by atoms with Crippen molar-refractivity contribution in [2.45, 2.75) is 13.0 Å². The van der Waals surface area contributed by atoms with Crippen LogP contribution in [0.15, 0.2) is 42.7 Å². The van der Waals surface area contributed by atoms with E-state index in [4.69, 9.17) is 28.9 Å². The number of amides is 1. The molecule has 4 rings (SSSR count). The van der Waals surface area contributed by atoms with E-state index >= 15 is 0 Å². The first-order valence-electron chi connectivity index (χ1n) is 8.95. The second-order valence-corrected chi connectivity index (χ2v) is 7.59. The number of aliphatic hydroxyl groups is 1. The Hall–Kier alpha value is -3.27. The Morgan fingerprint density at radius 3 is 2.58 bits per heavy atom. The molecule has 158 valence electrons. The maximum absolute atomic E-state index is 14.9. The first kappa shape index (κ1) is 21.0. The van der Waals surface area contributed by atoms with Crippen molar-refractivity contribution in [1.82, 2.24) is 19.7 Å². The van der Waals surface area contributed by atoms with Crippen LogP contribution in [0, 0.1) is 12.7 Å². The second kappa shape index (κ2) is 8.10. The number of anilines is 2. The van der Waals surface area contributed by atoms with Gasteiger partial charge in [0.15, 0.2) is 17.7 Å². The van der Waals surface area contributed by atoms with Gasteiger partial charge in [-0.2, -0.15) is 5.10 Å². The highest BCUT2D eigenvalue weighted by atomic mass is 35.5. The summed E-state index contributed by atoms with van der Waals surface area (Å²) < 4.78 is 16.2. The average molecular weight is 461 g/mol. The van der Waals surface area contributed by atoms with E-state index in [1.165, 1.54) is 41.3 Å². The predicted octanol–water partition coefficient (Wildman–Crippen LogP) is 3.82. The molecule has 0 saturated carbocycles. The van der Waals surface area contributed by atoms with Crippen LogP contribution in [0.25, 0.3) is 16.7 Å². The van der Waals surface area contributed by atoms with Gasteiger partial charge in [-0.3, -0.25) is 4.79 Å². The van der Waals surface area contributed by atoms with Crippen LogP contribution in [0.1, 0.15) is 17.4 Å². The number of hydrogen-bond donors (Lipinski definition) is 3. The quantitative estimate of drug-likeness (QED) is 0.425. The molecule has 2 aromatic carbocycles. The first-order valence-corrected chi connectivity index (χ1v) is 9.71. The minimum absolute atomic E-state index is 0.0970. The van der Waals surface area contributed by atoms with Gasteiger partial charge in [0.25, 0.3) is 5.91 Å². The number of nitrogens with zero attached hydrogens (tertiary/aromatic N) is 4. The summed E-state index contributed by atoms with van der Waals surface area (Å²) >= 11 is 11.8. The molecule has 0 bridgehead atoms. The maximum Gasteiger partial charge on any atom is 0.257 e. The van der Waals surface area contributed by atoms with Crippen LogP contribution in [0.3, 0.4) is 0 Å². The molecule has 0 aliphatic carbocycles. The molecule has 0 spiro atoms. The average Bonchev–Trinajstić information content (AvgIpc) is 3.04. The van der Waals surface area contributed by atoms with Crippen molar-refractivity contribution in [3.63, 3.8) is 0 Å². The summed E-state index contributed by atoms with van der Waals surface area (Å²) in [6.45, 7) is 1.72. The Bertz CT molecular complexity index is 1310. The molecule has 2 heterocycles. The SMILES string of the molecule is Cc1nn(-c2ccc(NC(=O)[C@H](O)c3cc(Cl)cc(Cl)c3)cc2F)c2c(N)ncnc12. The van der Waals surface area contributed by atoms with Gasteiger partial charge in [0.05, 0.1) is 5.69 Å². The highest BCUT2D eigenvalue weighted by Crippen LogP contribution is 2.27. The van der Waals surface area contributed by atoms with Crippen molar-refractivity contribution in [3.05, 3.63) is 69.8 Å². The molecular formula is C20H15Cl2FN6O2. The van der Waals surface area contributed by atoms with E-state index in [0.29, 0.717) is 16.7 Å². The summed E-state index contributed by atoms with van der Waals surface area (Å²) in [5, 5.41) is 17.6. The van der Waals surface area contributed by atoms with E-state index < -0.39 is 17.8 Å². The number of carbonyl (C=O) groups is 1. The normalized spacial score (nSPS) is 12.2. The van der Waals surface area contributed by atoms with Gasteiger partial charge in [-0.15, -0.1) is 0 Å². The molecule has 8 nitrogen and oxygen atoms in total. The number of carbonyl (C=O) groups excluding carboxylic acids is 1. The van der Waals surface area contributed by atoms with E-state index in [9.17, 15) is 14.3 Å². The number of aliphatic hydroxyl groups excluding tert-OH is 1. The lowest BCUT2D eigenvalue weighted by molar-refractivity contribution is -0.124. The number of hydrogen-bond acceptors (Lipinski definition) is 6. The van der Waals surface area contributed by atoms with Crippen molar-refractivity contribution in [1.29, 1.82) is 0 Å². The lowest BCUT2D eigenvalue weighted by Crippen LogP contribution is -2.21. The van der Waals surface area contributed by atoms with Crippen LogP contribution in [-0.2, 0) is 4.79 Å². The summed E-state index contributed by atoms with van der Waals surface area (Å²) in [5.74, 6) is -1.29. The van der Waals surface area contributed by atoms with Crippen molar-refractivity contribution in [2.75, 3.05) is 11.1 Å². The Balaban J connectivity index is 1.62. The fourth-order valence-corrected chi connectivity index (χ4v) is 3.68. The summed E-state index contributed by atoms with van der Waals surface area (Å²) in [5.41, 5.74) is 7.81. The molecule has 1 amide bonds. The maximum atomic E-state index is 14.9. The number of rotatable bonds is 4. The fraction of sp³-hybridized carbons (Fsp3) is 0.100. The Morgan fingerprint density at radius 1 is 1.19 bits per heavy atom. The number of nitrogens with one attached hydrogen (secondary N) is 1. The number of nitrogens with two attached hydrogens (primary N) is 1. The zero-order chi connectivity index (χ0) is 22.3. The predicted molar refractivity (Wildman–Crippen MR) is 116 cm³/mol. The van der Waals surface area contributed by atoms with Crippen molar-refractivity contribution in [2.24, 2.45) is 0 Å². The molecule has 0 unspecified atom stereocenters. The van der Waals surface area contributed by atoms with Crippen LogP contribution < -0.4 is 11.1 Å². The van der Waals surface area contributed by atoms with E-state index in [1.807, 2.05) is 0 Å². The smallest absolute Gasteiger partial charge is 0.257 e. The molecule has 2 aromatic heterocycles. The van der Waals surface area contributed by atoms with Gasteiger partial charge in [-0.25, -0.2) is 19.0 Å². The van der Waals surface area contributed by atoms with E-state index in [1.54, 1.807) is 6.92 Å². The third-order valence-electron chi connectivity index (χ3n) is 4.55. The third kappa shape index (κ3) is 4.02. The molecule has 0 aliphatic heterocycles. The number of nitrogen functional groups attached to an aromatic ring is 1. The number of aryl methyl sites for hydroxylation is 1. The van der Waals surface area contributed by atoms with Crippen LogP contribution in [0.2, 0.25) is 10.0 Å². The summed E-state index contributed by atoms with van der Waals surface area (Å²) in [4.78, 5) is 20.5. The lowest BCUT2D eigenvalue weighted by atomic mass is 10.1. The minimum atomic E-state index is -1.55. The van der Waals surface area contributed by atoms with Gasteiger partial charge in [-0.1, -0.05) is 23.2 Å². The molecule has 31 heavy (non-hydrogen) atoms. The van der Waals surface area contributed by atoms with Gasteiger partial charge in [-0.05, 0) is 48.9 Å². The van der Waals surface area contributed by atoms with Gasteiger partial charge >= 0.3 is 0 Å². The molecule has 0 fully saturated rings. The zero-order valence-corrected chi connectivity index (χ0v) is 17.5. The van der Waals surface area contributed by atoms with Crippen molar-refractivity contribution < 1.29 is 14.3 Å². The van der Waals surface area contributed by atoms with Crippen molar-refractivity contribution in [3.8, 4) is 5.69 Å². The van der Waals surface area contributed by atoms with Gasteiger partial charge in [0.2, 0.25) is 0 Å². The number of fused-ring (bicyclic) bond motifs is 1. The zero-order valence-electron chi connectivity index (χ0n) is 16.0. The number of aromatic nitrogens is 4. The second-order valence-electron chi connectivity index (χ2n) is 6.71. The standard InChI is InChI=1S/C20H15Cl2FN6O2/c1-9-16-17(19(24)26-8-25-16)29(28-9)15-3-2-13(7-14(15)23)27-20(31)18(30)10-4-11(21)6-12(22)5-10/h2-8,18,30H,1H3,(H,27,31)(H2,24,25,26)/t18-/m1/s1. The largest absolute Gasteiger partial charge is 0.382 e. The Labute approximate surface area is 185 Å². The number of halogens is 3. The summed E-state index contributed by atoms with van der Waals surface area (Å²) in [6, 6.07) is 8.30. The first-order chi connectivity index (χ1) is 14.7. The van der Waals surface area contributed by atoms with Gasteiger partial charge in [0, 0.05) is 15.7 Å². The molecular weight excluding hydrogens is 446 g/mol. The van der Waals surface area contributed by atoms with E-state index in [0.717, 1.165) is 6.07 Å². The Kier molecular flexibility index (Phi) is 5.48. The van der Waals surface area contributed by atoms with Crippen LogP contribution in [-0.4, -0.2) is 30.8 Å². The summed E-state index contributed by atoms with van der Waals surface area (Å²) in [7, 11) is 0. The lowest BCUT2D eigenvalue weighted by Gasteiger charge is -2.13. The van der Waals surface area contributed by atoms with E-state index in [-0.39, 0.29) is 32.8 Å². The molecule has 11 heteroatoms. The number of benzene rings is 2. The fourth-order valence-electron chi connectivity index (χ4n) is 3.14. The minimum Gasteiger partial charge on any atom is -0.382 e. The highest BCUT2D eigenvalue weighted by molar-refractivity contribution is 6.34. The highest BCUT2D eigenvalue weighted by Gasteiger charge is 2.20. The topological polar surface area (TPSA) is 119 Å². The molecule has 0 saturated heterocycles. The third-order valence-corrected chi connectivity index (χ3v) is 4.98. The van der Waals surface area contributed by atoms with Crippen LogP contribution >= 0.6 is 23.2 Å². The monoisotopic (exact) mass is 460 g/mol. The van der Waals surface area contributed by atoms with Gasteiger partial charge in [0.1, 0.15) is 23.0 Å². The molecule has 1 atom stereocenters. The molecule has 0 aliphatic rings. The van der Waals surface area contributed by atoms with Crippen molar-refractivity contribution >= 4 is 51.6 Å². The summed E-state index contributed by atoms with van der Waals surface area (Å²) in [6.07, 6.45) is -0.238. The van der Waals surface area contributed by atoms with Gasteiger partial charge < -0.3 is 16.2 Å². The van der Waals surface area contributed by atoms with Crippen LogP contribution in [0.4, 0.5) is 15.9 Å². The Morgan fingerprint density at radius 2 is 1.90 bits per heavy atom. The molecule has 0 radical (unpaired) electrons. The van der Waals surface area contributed by atoms with Crippen LogP contribution in [0.5, 0.6) is 0 Å².